The molecule has 158 valence electrons. The van der Waals surface area contributed by atoms with Crippen molar-refractivity contribution in [2.75, 3.05) is 33.1 Å². The van der Waals surface area contributed by atoms with Gasteiger partial charge in [-0.15, -0.1) is 0 Å². The van der Waals surface area contributed by atoms with Crippen LogP contribution < -0.4 is 9.47 Å². The van der Waals surface area contributed by atoms with Crippen LogP contribution in [-0.2, 0) is 20.8 Å². The summed E-state index contributed by atoms with van der Waals surface area (Å²) in [6.07, 6.45) is 2.48. The molecule has 2 fully saturated rings. The Bertz CT molecular complexity index is 741. The van der Waals surface area contributed by atoms with Gasteiger partial charge in [-0.05, 0) is 50.3 Å². The molecule has 0 bridgehead atoms. The van der Waals surface area contributed by atoms with E-state index in [1.807, 2.05) is 23.1 Å². The molecule has 3 heterocycles. The third kappa shape index (κ3) is 4.42. The lowest BCUT2D eigenvalue weighted by atomic mass is 10.0. The van der Waals surface area contributed by atoms with Crippen molar-refractivity contribution >= 4 is 12.0 Å². The summed E-state index contributed by atoms with van der Waals surface area (Å²) in [7, 11) is 0. The zero-order chi connectivity index (χ0) is 20.2. The van der Waals surface area contributed by atoms with Crippen LogP contribution in [0.15, 0.2) is 18.2 Å². The van der Waals surface area contributed by atoms with Gasteiger partial charge >= 0.3 is 6.09 Å². The zero-order valence-corrected chi connectivity index (χ0v) is 16.8. The van der Waals surface area contributed by atoms with Gasteiger partial charge in [0.05, 0.1) is 6.61 Å². The number of benzene rings is 1. The Kier molecular flexibility index (Phi) is 6.08. The zero-order valence-electron chi connectivity index (χ0n) is 16.8. The molecule has 0 radical (unpaired) electrons. The number of hydrogen-bond acceptors (Lipinski definition) is 6. The van der Waals surface area contributed by atoms with Crippen molar-refractivity contribution in [2.45, 2.75) is 51.3 Å². The first-order valence-electron chi connectivity index (χ1n) is 10.4. The van der Waals surface area contributed by atoms with Crippen LogP contribution in [0.5, 0.6) is 11.5 Å². The number of fused-ring (bicyclic) bond motifs is 1. The number of ether oxygens (including phenoxy) is 4. The second kappa shape index (κ2) is 8.90. The number of carbonyl (C=O) groups is 2. The van der Waals surface area contributed by atoms with E-state index in [0.29, 0.717) is 38.6 Å². The summed E-state index contributed by atoms with van der Waals surface area (Å²) in [5.41, 5.74) is 0.994. The predicted octanol–water partition coefficient (Wildman–Crippen LogP) is 2.54. The smallest absolute Gasteiger partial charge is 0.409 e. The largest absolute Gasteiger partial charge is 0.454 e. The monoisotopic (exact) mass is 404 g/mol. The van der Waals surface area contributed by atoms with Crippen molar-refractivity contribution in [2.24, 2.45) is 0 Å². The molecule has 3 aliphatic heterocycles. The molecule has 2 amide bonds. The highest BCUT2D eigenvalue weighted by Crippen LogP contribution is 2.33. The fourth-order valence-corrected chi connectivity index (χ4v) is 4.16. The van der Waals surface area contributed by atoms with Crippen LogP contribution in [0.1, 0.15) is 38.2 Å². The Morgan fingerprint density at radius 2 is 1.97 bits per heavy atom. The van der Waals surface area contributed by atoms with Gasteiger partial charge in [0.15, 0.2) is 11.5 Å². The average Bonchev–Trinajstić information content (AvgIpc) is 3.43. The van der Waals surface area contributed by atoms with Crippen molar-refractivity contribution in [1.82, 2.24) is 9.80 Å². The molecule has 1 aromatic rings. The molecule has 29 heavy (non-hydrogen) atoms. The molecule has 0 spiro atoms. The Labute approximate surface area is 170 Å². The van der Waals surface area contributed by atoms with E-state index in [4.69, 9.17) is 18.9 Å². The molecule has 0 saturated carbocycles. The van der Waals surface area contributed by atoms with Crippen molar-refractivity contribution in [3.8, 4) is 11.5 Å². The summed E-state index contributed by atoms with van der Waals surface area (Å²) in [5, 5.41) is 0. The molecule has 1 unspecified atom stereocenters. The molecule has 3 aliphatic rings. The molecule has 8 heteroatoms. The first-order chi connectivity index (χ1) is 14.2. The van der Waals surface area contributed by atoms with Gasteiger partial charge in [0.2, 0.25) is 6.79 Å². The summed E-state index contributed by atoms with van der Waals surface area (Å²) in [5.74, 6) is 1.48. The number of piperidine rings is 1. The highest BCUT2D eigenvalue weighted by Gasteiger charge is 2.35. The molecule has 0 aromatic heterocycles. The molecule has 8 nitrogen and oxygen atoms in total. The topological polar surface area (TPSA) is 77.5 Å². The molecular weight excluding hydrogens is 376 g/mol. The van der Waals surface area contributed by atoms with Gasteiger partial charge < -0.3 is 28.7 Å². The van der Waals surface area contributed by atoms with E-state index in [1.54, 1.807) is 11.8 Å². The number of rotatable bonds is 5. The maximum Gasteiger partial charge on any atom is 0.409 e. The summed E-state index contributed by atoms with van der Waals surface area (Å²) < 4.78 is 21.6. The number of amides is 2. The van der Waals surface area contributed by atoms with E-state index >= 15 is 0 Å². The van der Waals surface area contributed by atoms with Gasteiger partial charge in [-0.25, -0.2) is 4.79 Å². The number of hydrogen-bond donors (Lipinski definition) is 0. The van der Waals surface area contributed by atoms with E-state index in [0.717, 1.165) is 37.0 Å². The van der Waals surface area contributed by atoms with Crippen molar-refractivity contribution in [3.05, 3.63) is 23.8 Å². The second-order valence-corrected chi connectivity index (χ2v) is 7.57. The number of carbonyl (C=O) groups excluding carboxylic acids is 2. The second-order valence-electron chi connectivity index (χ2n) is 7.57. The lowest BCUT2D eigenvalue weighted by molar-refractivity contribution is -0.145. The van der Waals surface area contributed by atoms with E-state index < -0.39 is 0 Å². The van der Waals surface area contributed by atoms with Crippen molar-refractivity contribution < 1.29 is 28.5 Å². The molecule has 2 saturated heterocycles. The third-order valence-electron chi connectivity index (χ3n) is 5.71. The first-order valence-corrected chi connectivity index (χ1v) is 10.4. The Balaban J connectivity index is 1.47. The Hall–Kier alpha value is -2.48. The molecule has 4 rings (SSSR count). The summed E-state index contributed by atoms with van der Waals surface area (Å²) >= 11 is 0. The average molecular weight is 404 g/mol. The Morgan fingerprint density at radius 3 is 2.69 bits per heavy atom. The van der Waals surface area contributed by atoms with Crippen LogP contribution in [0.4, 0.5) is 4.79 Å². The minimum absolute atomic E-state index is 0.0368. The third-order valence-corrected chi connectivity index (χ3v) is 5.71. The lowest BCUT2D eigenvalue weighted by Gasteiger charge is -2.39. The minimum atomic E-state index is -0.368. The summed E-state index contributed by atoms with van der Waals surface area (Å²) in [6, 6.07) is 5.85. The molecule has 1 aromatic carbocycles. The standard InChI is InChI=1S/C21H28N2O6/c1-2-26-21(25)22-9-7-16(8-10-22)23(20(24)18-4-3-11-27-18)13-15-5-6-17-19(12-15)29-14-28-17/h5-6,12,16,18H,2-4,7-11,13-14H2,1H3. The molecule has 1 atom stereocenters. The molecular formula is C21H28N2O6. The van der Waals surface area contributed by atoms with Crippen LogP contribution in [0.2, 0.25) is 0 Å². The van der Waals surface area contributed by atoms with Gasteiger partial charge in [0.25, 0.3) is 5.91 Å². The van der Waals surface area contributed by atoms with Crippen molar-refractivity contribution in [1.29, 1.82) is 0 Å². The van der Waals surface area contributed by atoms with Crippen LogP contribution in [0, 0.1) is 0 Å². The first kappa shape index (κ1) is 19.8. The SMILES string of the molecule is CCOC(=O)N1CCC(N(Cc2ccc3c(c2)OCO3)C(=O)C2CCCO2)CC1. The maximum atomic E-state index is 13.2. The normalized spacial score (nSPS) is 21.3. The molecule has 0 aliphatic carbocycles. The summed E-state index contributed by atoms with van der Waals surface area (Å²) in [4.78, 5) is 28.9. The Morgan fingerprint density at radius 1 is 1.17 bits per heavy atom. The van der Waals surface area contributed by atoms with Gasteiger partial charge in [-0.3, -0.25) is 4.79 Å². The van der Waals surface area contributed by atoms with Gasteiger partial charge in [0.1, 0.15) is 6.10 Å². The van der Waals surface area contributed by atoms with Crippen LogP contribution in [-0.4, -0.2) is 67.0 Å². The highest BCUT2D eigenvalue weighted by atomic mass is 16.7. The van der Waals surface area contributed by atoms with E-state index in [1.165, 1.54) is 0 Å². The van der Waals surface area contributed by atoms with E-state index in [9.17, 15) is 9.59 Å². The van der Waals surface area contributed by atoms with E-state index in [-0.39, 0.29) is 30.9 Å². The van der Waals surface area contributed by atoms with Crippen LogP contribution in [0.25, 0.3) is 0 Å². The van der Waals surface area contributed by atoms with Gasteiger partial charge in [-0.2, -0.15) is 0 Å². The van der Waals surface area contributed by atoms with Crippen LogP contribution in [0.3, 0.4) is 0 Å². The fourth-order valence-electron chi connectivity index (χ4n) is 4.16. The van der Waals surface area contributed by atoms with E-state index in [2.05, 4.69) is 0 Å². The maximum absolute atomic E-state index is 13.2. The quantitative estimate of drug-likeness (QED) is 0.751. The van der Waals surface area contributed by atoms with Crippen molar-refractivity contribution in [3.63, 3.8) is 0 Å². The minimum Gasteiger partial charge on any atom is -0.454 e. The molecule has 0 N–H and O–H groups in total. The lowest BCUT2D eigenvalue weighted by Crippen LogP contribution is -2.51. The van der Waals surface area contributed by atoms with Gasteiger partial charge in [0, 0.05) is 32.3 Å². The van der Waals surface area contributed by atoms with Gasteiger partial charge in [-0.1, -0.05) is 6.07 Å². The summed E-state index contributed by atoms with van der Waals surface area (Å²) in [6.45, 7) is 4.68. The number of nitrogens with zero attached hydrogens (tertiary/aromatic N) is 2. The van der Waals surface area contributed by atoms with Crippen LogP contribution >= 0.6 is 0 Å². The number of likely N-dealkylation sites (tertiary alicyclic amines) is 1. The fraction of sp³-hybridized carbons (Fsp3) is 0.619. The predicted molar refractivity (Wildman–Crippen MR) is 104 cm³/mol. The highest BCUT2D eigenvalue weighted by molar-refractivity contribution is 5.81.